The van der Waals surface area contributed by atoms with Crippen molar-refractivity contribution in [3.8, 4) is 0 Å². The third kappa shape index (κ3) is 9.78. The van der Waals surface area contributed by atoms with Crippen LogP contribution in [0, 0.1) is 6.92 Å². The maximum atomic E-state index is 11.8. The van der Waals surface area contributed by atoms with Gasteiger partial charge in [0.2, 0.25) is 0 Å². The van der Waals surface area contributed by atoms with Gasteiger partial charge in [-0.2, -0.15) is 4.31 Å². The van der Waals surface area contributed by atoms with Crippen LogP contribution in [-0.4, -0.2) is 103 Å². The molecule has 0 bridgehead atoms. The Morgan fingerprint density at radius 1 is 1.12 bits per heavy atom. The molecule has 2 heterocycles. The van der Waals surface area contributed by atoms with Gasteiger partial charge in [0, 0.05) is 35.3 Å². The Kier molecular flexibility index (Phi) is 11.9. The average Bonchev–Trinajstić information content (AvgIpc) is 3.11. The van der Waals surface area contributed by atoms with E-state index in [2.05, 4.69) is 23.3 Å². The van der Waals surface area contributed by atoms with Crippen LogP contribution in [0.15, 0.2) is 16.8 Å². The van der Waals surface area contributed by atoms with Gasteiger partial charge >= 0.3 is 23.5 Å². The van der Waals surface area contributed by atoms with Crippen LogP contribution >= 0.6 is 35.2 Å². The van der Waals surface area contributed by atoms with Crippen LogP contribution in [0.25, 0.3) is 0 Å². The van der Waals surface area contributed by atoms with E-state index in [1.54, 1.807) is 6.92 Å². The van der Waals surface area contributed by atoms with Crippen molar-refractivity contribution in [3.05, 3.63) is 28.2 Å². The molecule has 0 fully saturated rings. The molecule has 0 spiro atoms. The summed E-state index contributed by atoms with van der Waals surface area (Å²) in [5.41, 5.74) is 4.12. The first-order valence-corrected chi connectivity index (χ1v) is 16.5. The largest absolute Gasteiger partial charge is 0.481 e. The summed E-state index contributed by atoms with van der Waals surface area (Å²) in [7, 11) is -15.6. The van der Waals surface area contributed by atoms with Gasteiger partial charge in [0.25, 0.3) is 0 Å². The first-order valence-electron chi connectivity index (χ1n) is 11.0. The summed E-state index contributed by atoms with van der Waals surface area (Å²) < 4.78 is 46.2. The molecule has 1 aromatic rings. The molecule has 0 radical (unpaired) electrons. The smallest absolute Gasteiger partial charge is 0.393 e. The van der Waals surface area contributed by atoms with Gasteiger partial charge in [-0.25, -0.2) is 23.7 Å². The number of thioether (sulfide) groups is 1. The lowest BCUT2D eigenvalue weighted by atomic mass is 9.92. The molecule has 0 aromatic carbocycles. The highest BCUT2D eigenvalue weighted by molar-refractivity contribution is 8.04. The summed E-state index contributed by atoms with van der Waals surface area (Å²) >= 11 is 0.822. The fourth-order valence-electron chi connectivity index (χ4n) is 3.58. The van der Waals surface area contributed by atoms with Crippen molar-refractivity contribution in [2.75, 3.05) is 25.6 Å². The summed E-state index contributed by atoms with van der Waals surface area (Å²) in [4.78, 5) is 54.6. The number of hydrogen-bond acceptors (Lipinski definition) is 15. The third-order valence-electron chi connectivity index (χ3n) is 5.49. The van der Waals surface area contributed by atoms with Crippen molar-refractivity contribution >= 4 is 41.0 Å². The van der Waals surface area contributed by atoms with Crippen LogP contribution in [0.3, 0.4) is 0 Å². The van der Waals surface area contributed by atoms with Crippen LogP contribution in [0.2, 0.25) is 0 Å². The molecular weight excluding hydrogens is 625 g/mol. The molecule has 5 atom stereocenters. The van der Waals surface area contributed by atoms with Gasteiger partial charge in [-0.1, -0.05) is 0 Å². The van der Waals surface area contributed by atoms with Gasteiger partial charge in [-0.3, -0.25) is 9.05 Å². The van der Waals surface area contributed by atoms with Gasteiger partial charge in [0.05, 0.1) is 19.8 Å². The molecule has 40 heavy (non-hydrogen) atoms. The van der Waals surface area contributed by atoms with E-state index < -0.39 is 66.5 Å². The zero-order chi connectivity index (χ0) is 30.7. The van der Waals surface area contributed by atoms with Gasteiger partial charge in [0.1, 0.15) is 34.8 Å². The van der Waals surface area contributed by atoms with Crippen molar-refractivity contribution in [2.45, 2.75) is 50.0 Å². The number of aryl methyl sites for hydroxylation is 1. The zero-order valence-corrected chi connectivity index (χ0v) is 24.5. The Hall–Kier alpha value is -1.02. The second-order valence-corrected chi connectivity index (χ2v) is 13.8. The zero-order valence-electron chi connectivity index (χ0n) is 21.0. The Balaban J connectivity index is 2.37. The van der Waals surface area contributed by atoms with E-state index >= 15 is 0 Å². The Morgan fingerprint density at radius 3 is 2.27 bits per heavy atom. The van der Waals surface area contributed by atoms with Gasteiger partial charge in [-0.15, -0.1) is 11.8 Å². The summed E-state index contributed by atoms with van der Waals surface area (Å²) in [6.45, 7) is 0.120. The van der Waals surface area contributed by atoms with E-state index in [0.717, 1.165) is 11.8 Å². The number of nitrogen functional groups attached to an aromatic ring is 1. The summed E-state index contributed by atoms with van der Waals surface area (Å²) in [6, 6.07) is 0. The van der Waals surface area contributed by atoms with Crippen LogP contribution in [0.5, 0.6) is 0 Å². The number of nitrogens with two attached hydrogens (primary N) is 1. The molecule has 0 amide bonds. The second kappa shape index (κ2) is 13.5. The second-order valence-electron chi connectivity index (χ2n) is 8.51. The Labute approximate surface area is 231 Å². The first-order chi connectivity index (χ1) is 18.2. The first kappa shape index (κ1) is 35.2. The minimum atomic E-state index is -5.35. The standard InChI is InChI=1S/C17H31N4O15P3S/c1-9-13(3-4-34-39(32,33)36-38(29,30)31)40-16(21(9)6-11-5-19-10(2)20-15(11)18)17(25,8-22)14(24)12(23)7-35-37(26,27)28/h5,12,14,16,22-25H,3-4,6-8H2,1-2H3,(H,32,33)(H2,18,19,20)(H2,26,27,28)(H2,29,30,31)/t12-,14+,16-,17+/m1/s1. The highest BCUT2D eigenvalue weighted by atomic mass is 32.2. The fourth-order valence-corrected chi connectivity index (χ4v) is 7.05. The molecule has 1 unspecified atom stereocenters. The molecule has 19 nitrogen and oxygen atoms in total. The molecular formula is C17H31N4O15P3S. The monoisotopic (exact) mass is 656 g/mol. The molecule has 230 valence electrons. The number of allylic oxidation sites excluding steroid dienone is 1. The van der Waals surface area contributed by atoms with Crippen molar-refractivity contribution in [1.29, 1.82) is 0 Å². The Bertz CT molecular complexity index is 1230. The molecule has 0 saturated carbocycles. The van der Waals surface area contributed by atoms with Crippen LogP contribution in [-0.2, 0) is 33.6 Å². The van der Waals surface area contributed by atoms with Gasteiger partial charge in [-0.05, 0) is 13.8 Å². The minimum absolute atomic E-state index is 0.0693. The normalized spacial score (nSPS) is 21.3. The number of anilines is 1. The van der Waals surface area contributed by atoms with Crippen LogP contribution < -0.4 is 5.73 Å². The van der Waals surface area contributed by atoms with Crippen molar-refractivity contribution in [1.82, 2.24) is 14.9 Å². The number of rotatable bonds is 15. The van der Waals surface area contributed by atoms with E-state index in [9.17, 15) is 39.0 Å². The number of aliphatic hydroxyl groups is 4. The lowest BCUT2D eigenvalue weighted by Gasteiger charge is -2.43. The predicted octanol–water partition coefficient (Wildman–Crippen LogP) is -1.36. The number of aliphatic hydroxyl groups excluding tert-OH is 3. The molecule has 0 saturated heterocycles. The molecule has 2 rings (SSSR count). The highest BCUT2D eigenvalue weighted by Crippen LogP contribution is 2.58. The molecule has 1 aliphatic heterocycles. The lowest BCUT2D eigenvalue weighted by molar-refractivity contribution is -0.166. The van der Waals surface area contributed by atoms with E-state index in [-0.39, 0.29) is 18.8 Å². The quantitative estimate of drug-likeness (QED) is 0.0975. The summed E-state index contributed by atoms with van der Waals surface area (Å²) in [5.74, 6) is 0.430. The summed E-state index contributed by atoms with van der Waals surface area (Å²) in [6.07, 6.45) is -3.11. The van der Waals surface area contributed by atoms with E-state index in [0.29, 0.717) is 22.0 Å². The summed E-state index contributed by atoms with van der Waals surface area (Å²) in [5, 5.41) is 41.2. The Morgan fingerprint density at radius 2 is 1.75 bits per heavy atom. The average molecular weight is 656 g/mol. The minimum Gasteiger partial charge on any atom is -0.393 e. The van der Waals surface area contributed by atoms with Crippen molar-refractivity contribution in [3.63, 3.8) is 0 Å². The maximum Gasteiger partial charge on any atom is 0.481 e. The number of phosphoric acid groups is 3. The molecule has 1 aromatic heterocycles. The molecule has 1 aliphatic rings. The molecule has 11 N–H and O–H groups in total. The maximum absolute atomic E-state index is 11.8. The van der Waals surface area contributed by atoms with E-state index in [1.807, 2.05) is 0 Å². The van der Waals surface area contributed by atoms with Crippen molar-refractivity contribution in [2.24, 2.45) is 0 Å². The van der Waals surface area contributed by atoms with Crippen molar-refractivity contribution < 1.29 is 71.9 Å². The van der Waals surface area contributed by atoms with E-state index in [1.165, 1.54) is 18.0 Å². The third-order valence-corrected chi connectivity index (χ3v) is 9.84. The number of aromatic nitrogens is 2. The van der Waals surface area contributed by atoms with Gasteiger partial charge < -0.3 is 55.5 Å². The number of hydrogen-bond donors (Lipinski definition) is 10. The van der Waals surface area contributed by atoms with E-state index in [4.69, 9.17) is 25.3 Å². The predicted molar refractivity (Wildman–Crippen MR) is 136 cm³/mol. The lowest BCUT2D eigenvalue weighted by Crippen LogP contribution is -2.62. The van der Waals surface area contributed by atoms with Gasteiger partial charge in [0.15, 0.2) is 0 Å². The van der Waals surface area contributed by atoms with Crippen LogP contribution in [0.1, 0.15) is 24.7 Å². The topological polar surface area (TPSA) is 316 Å². The van der Waals surface area contributed by atoms with Crippen LogP contribution in [0.4, 0.5) is 5.82 Å². The molecule has 0 aliphatic carbocycles. The number of phosphoric ester groups is 2. The SMILES string of the molecule is CC1=C(CCOP(=O)(O)OP(=O)(O)O)S[C@H]([C@](O)(CO)[C@@H](O)[C@H](O)COP(=O)(O)O)N1Cc1cnc(C)nc1N. The molecule has 23 heteroatoms. The highest BCUT2D eigenvalue weighted by Gasteiger charge is 2.52. The number of nitrogens with zero attached hydrogens (tertiary/aromatic N) is 3. The fraction of sp³-hybridized carbons (Fsp3) is 0.647.